The van der Waals surface area contributed by atoms with Crippen LogP contribution in [0.15, 0.2) is 18.2 Å². The van der Waals surface area contributed by atoms with Crippen LogP contribution in [0.1, 0.15) is 18.1 Å². The van der Waals surface area contributed by atoms with E-state index in [1.807, 2.05) is 0 Å². The van der Waals surface area contributed by atoms with E-state index in [1.54, 1.807) is 17.8 Å². The Kier molecular flexibility index (Phi) is 10.6. The average molecular weight is 347 g/mol. The van der Waals surface area contributed by atoms with Gasteiger partial charge in [-0.05, 0) is 42.7 Å². The lowest BCUT2D eigenvalue weighted by Gasteiger charge is -2.12. The van der Waals surface area contributed by atoms with Crippen molar-refractivity contribution in [2.75, 3.05) is 25.1 Å². The summed E-state index contributed by atoms with van der Waals surface area (Å²) in [6.07, 6.45) is 2.46. The summed E-state index contributed by atoms with van der Waals surface area (Å²) < 4.78 is 0. The lowest BCUT2D eigenvalue weighted by Crippen LogP contribution is -2.22. The number of carboxylic acids is 2. The Morgan fingerprint density at radius 3 is 2.26 bits per heavy atom. The van der Waals surface area contributed by atoms with Crippen LogP contribution in [0.25, 0.3) is 0 Å². The molecule has 6 N–H and O–H groups in total. The molecule has 130 valence electrons. The third-order valence-electron chi connectivity index (χ3n) is 2.61. The first-order valence-corrected chi connectivity index (χ1v) is 8.04. The Balaban J connectivity index is 0.000000688. The lowest BCUT2D eigenvalue weighted by molar-refractivity contribution is -0.159. The highest BCUT2D eigenvalue weighted by Crippen LogP contribution is 2.27. The summed E-state index contributed by atoms with van der Waals surface area (Å²) in [5.41, 5.74) is 0.595. The summed E-state index contributed by atoms with van der Waals surface area (Å²) in [6.45, 7) is 1.31. The van der Waals surface area contributed by atoms with Crippen molar-refractivity contribution in [1.82, 2.24) is 5.32 Å². The van der Waals surface area contributed by atoms with Gasteiger partial charge in [0, 0.05) is 6.54 Å². The number of rotatable bonds is 7. The summed E-state index contributed by atoms with van der Waals surface area (Å²) in [5.74, 6) is -2.92. The van der Waals surface area contributed by atoms with E-state index in [1.165, 1.54) is 12.1 Å². The molecule has 0 amide bonds. The molecule has 0 aliphatic carbocycles. The molecule has 9 heteroatoms. The van der Waals surface area contributed by atoms with Crippen LogP contribution in [0.5, 0.6) is 11.5 Å². The van der Waals surface area contributed by atoms with Crippen molar-refractivity contribution in [3.05, 3.63) is 23.8 Å². The van der Waals surface area contributed by atoms with Gasteiger partial charge in [-0.3, -0.25) is 0 Å². The number of phenolic OH excluding ortho intramolecular Hbond substituents is 2. The van der Waals surface area contributed by atoms with E-state index in [2.05, 4.69) is 11.6 Å². The molecule has 0 radical (unpaired) electrons. The van der Waals surface area contributed by atoms with E-state index in [9.17, 15) is 10.2 Å². The molecule has 0 saturated heterocycles. The highest BCUT2D eigenvalue weighted by Gasteiger charge is 2.09. The van der Waals surface area contributed by atoms with Crippen molar-refractivity contribution >= 4 is 23.7 Å². The van der Waals surface area contributed by atoms with Crippen LogP contribution >= 0.6 is 11.8 Å². The normalized spacial score (nSPS) is 11.2. The average Bonchev–Trinajstić information content (AvgIpc) is 2.50. The number of carbonyl (C=O) groups is 2. The van der Waals surface area contributed by atoms with Gasteiger partial charge in [0.05, 0.1) is 6.10 Å². The second-order valence-electron chi connectivity index (χ2n) is 4.42. The van der Waals surface area contributed by atoms with Crippen LogP contribution in [-0.2, 0) is 9.59 Å². The van der Waals surface area contributed by atoms with Gasteiger partial charge in [-0.25, -0.2) is 9.59 Å². The van der Waals surface area contributed by atoms with Crippen molar-refractivity contribution in [3.63, 3.8) is 0 Å². The number of aromatic hydroxyl groups is 2. The Labute approximate surface area is 137 Å². The Hall–Kier alpha value is -1.97. The molecule has 0 fully saturated rings. The number of aliphatic carboxylic acids is 2. The molecular formula is C14H21NO7S. The van der Waals surface area contributed by atoms with E-state index < -0.39 is 18.0 Å². The van der Waals surface area contributed by atoms with E-state index in [0.717, 1.165) is 18.7 Å². The third kappa shape index (κ3) is 9.61. The zero-order chi connectivity index (χ0) is 17.8. The Bertz CT molecular complexity index is 498. The fourth-order valence-electron chi connectivity index (χ4n) is 1.45. The van der Waals surface area contributed by atoms with Crippen LogP contribution in [0.3, 0.4) is 0 Å². The number of aliphatic hydroxyl groups excluding tert-OH is 1. The second kappa shape index (κ2) is 11.6. The fraction of sp³-hybridized carbons (Fsp3) is 0.429. The van der Waals surface area contributed by atoms with Crippen LogP contribution in [0.2, 0.25) is 0 Å². The minimum Gasteiger partial charge on any atom is -0.504 e. The Morgan fingerprint density at radius 2 is 1.78 bits per heavy atom. The van der Waals surface area contributed by atoms with Gasteiger partial charge >= 0.3 is 11.9 Å². The first-order valence-electron chi connectivity index (χ1n) is 6.65. The van der Waals surface area contributed by atoms with Crippen molar-refractivity contribution in [1.29, 1.82) is 0 Å². The van der Waals surface area contributed by atoms with Crippen molar-refractivity contribution < 1.29 is 35.1 Å². The zero-order valence-electron chi connectivity index (χ0n) is 12.6. The molecule has 0 heterocycles. The number of hydrogen-bond acceptors (Lipinski definition) is 7. The van der Waals surface area contributed by atoms with E-state index in [-0.39, 0.29) is 11.5 Å². The maximum absolute atomic E-state index is 9.83. The molecule has 0 unspecified atom stereocenters. The summed E-state index contributed by atoms with van der Waals surface area (Å²) >= 11 is 1.80. The highest BCUT2D eigenvalue weighted by atomic mass is 32.2. The molecule has 1 rings (SSSR count). The minimum absolute atomic E-state index is 0.172. The summed E-state index contributed by atoms with van der Waals surface area (Å²) in [6, 6.07) is 4.36. The highest BCUT2D eigenvalue weighted by molar-refractivity contribution is 7.98. The molecule has 0 aliphatic heterocycles. The maximum atomic E-state index is 9.83. The van der Waals surface area contributed by atoms with E-state index in [0.29, 0.717) is 12.1 Å². The zero-order valence-corrected chi connectivity index (χ0v) is 13.4. The molecule has 1 aromatic rings. The van der Waals surface area contributed by atoms with Gasteiger partial charge in [0.15, 0.2) is 11.5 Å². The fourth-order valence-corrected chi connectivity index (χ4v) is 1.88. The molecule has 0 saturated carbocycles. The molecule has 8 nitrogen and oxygen atoms in total. The summed E-state index contributed by atoms with van der Waals surface area (Å²) in [5, 5.41) is 46.2. The van der Waals surface area contributed by atoms with E-state index in [4.69, 9.17) is 24.9 Å². The van der Waals surface area contributed by atoms with Crippen molar-refractivity contribution in [2.24, 2.45) is 0 Å². The van der Waals surface area contributed by atoms with Gasteiger partial charge < -0.3 is 30.8 Å². The number of benzene rings is 1. The standard InChI is InChI=1S/C12H19NO3S.C2H2O4/c1-17-6-2-5-13-8-12(16)9-3-4-10(14)11(15)7-9;3-1(4)2(5)6/h3-4,7,12-16H,2,5-6,8H2,1H3;(H,3,4)(H,5,6)/t12-;/m0./s1. The summed E-state index contributed by atoms with van der Waals surface area (Å²) in [7, 11) is 0. The molecule has 1 atom stereocenters. The van der Waals surface area contributed by atoms with Crippen LogP contribution in [0.4, 0.5) is 0 Å². The molecule has 0 bridgehead atoms. The number of nitrogens with one attached hydrogen (secondary N) is 1. The molecular weight excluding hydrogens is 326 g/mol. The number of aliphatic hydroxyl groups is 1. The summed E-state index contributed by atoms with van der Waals surface area (Å²) in [4.78, 5) is 18.2. The smallest absolute Gasteiger partial charge is 0.414 e. The molecule has 0 aliphatic rings. The number of phenols is 2. The number of hydrogen-bond donors (Lipinski definition) is 6. The third-order valence-corrected chi connectivity index (χ3v) is 3.30. The molecule has 0 spiro atoms. The van der Waals surface area contributed by atoms with Gasteiger partial charge in [0.1, 0.15) is 0 Å². The molecule has 1 aromatic carbocycles. The number of thioether (sulfide) groups is 1. The largest absolute Gasteiger partial charge is 0.504 e. The Morgan fingerprint density at radius 1 is 1.17 bits per heavy atom. The van der Waals surface area contributed by atoms with Gasteiger partial charge in [0.25, 0.3) is 0 Å². The van der Waals surface area contributed by atoms with Crippen molar-refractivity contribution in [3.8, 4) is 11.5 Å². The van der Waals surface area contributed by atoms with Gasteiger partial charge in [0.2, 0.25) is 0 Å². The topological polar surface area (TPSA) is 147 Å². The van der Waals surface area contributed by atoms with Crippen molar-refractivity contribution in [2.45, 2.75) is 12.5 Å². The van der Waals surface area contributed by atoms with Gasteiger partial charge in [-0.2, -0.15) is 11.8 Å². The molecule has 0 aromatic heterocycles. The van der Waals surface area contributed by atoms with Crippen LogP contribution in [-0.4, -0.2) is 62.6 Å². The molecule has 23 heavy (non-hydrogen) atoms. The second-order valence-corrected chi connectivity index (χ2v) is 5.41. The van der Waals surface area contributed by atoms with Gasteiger partial charge in [-0.15, -0.1) is 0 Å². The van der Waals surface area contributed by atoms with E-state index >= 15 is 0 Å². The SMILES string of the molecule is CSCCCNC[C@H](O)c1ccc(O)c(O)c1.O=C(O)C(=O)O. The van der Waals surface area contributed by atoms with Crippen LogP contribution in [0, 0.1) is 0 Å². The van der Waals surface area contributed by atoms with Crippen LogP contribution < -0.4 is 5.32 Å². The lowest BCUT2D eigenvalue weighted by atomic mass is 10.1. The monoisotopic (exact) mass is 347 g/mol. The first kappa shape index (κ1) is 21.0. The quantitative estimate of drug-likeness (QED) is 0.237. The minimum atomic E-state index is -1.82. The predicted molar refractivity (Wildman–Crippen MR) is 85.9 cm³/mol. The first-order chi connectivity index (χ1) is 10.8. The maximum Gasteiger partial charge on any atom is 0.414 e. The predicted octanol–water partition coefficient (Wildman–Crippen LogP) is 0.629. The van der Waals surface area contributed by atoms with Gasteiger partial charge in [-0.1, -0.05) is 6.07 Å². The number of carboxylic acid groups (broad SMARTS) is 2.